The molecule has 0 aromatic heterocycles. The first-order valence-corrected chi connectivity index (χ1v) is 2.53. The Hall–Kier alpha value is -0.610. The molecule has 45 valence electrons. The molecule has 1 heterocycles. The van der Waals surface area contributed by atoms with Crippen molar-refractivity contribution < 1.29 is 4.79 Å². The Bertz CT molecular complexity index is 97.5. The van der Waals surface area contributed by atoms with Crippen LogP contribution in [0.2, 0.25) is 0 Å². The van der Waals surface area contributed by atoms with Crippen LogP contribution in [0.25, 0.3) is 0 Å². The number of carbonyl (C=O) groups excluding carboxylic acids is 1. The van der Waals surface area contributed by atoms with E-state index in [2.05, 4.69) is 10.9 Å². The Balaban J connectivity index is 2.35. The predicted octanol–water partition coefficient (Wildman–Crippen LogP) is -1.65. The van der Waals surface area contributed by atoms with Crippen LogP contribution in [0.1, 0.15) is 6.42 Å². The van der Waals surface area contributed by atoms with E-state index in [0.29, 0.717) is 0 Å². The van der Waals surface area contributed by atoms with Crippen LogP contribution in [0, 0.1) is 0 Å². The second-order valence-electron chi connectivity index (χ2n) is 1.74. The number of nitrogens with one attached hydrogen (secondary N) is 1. The van der Waals surface area contributed by atoms with Crippen molar-refractivity contribution in [1.29, 1.82) is 0 Å². The second kappa shape index (κ2) is 2.11. The smallest absolute Gasteiger partial charge is 0.237 e. The molecular formula is C4H8N3O. The molecule has 1 fully saturated rings. The third-order valence-electron chi connectivity index (χ3n) is 1.11. The standard InChI is InChI=1S/C4H8N3O/c5-4(8)3-1-2-6-7-3/h3,6H,1-2H2,(H2,5,8). The number of nitrogens with zero attached hydrogens (tertiary/aromatic N) is 1. The minimum Gasteiger partial charge on any atom is -0.368 e. The van der Waals surface area contributed by atoms with Gasteiger partial charge in [-0.2, -0.15) is 5.43 Å². The third-order valence-corrected chi connectivity index (χ3v) is 1.11. The zero-order chi connectivity index (χ0) is 5.98. The van der Waals surface area contributed by atoms with Crippen LogP contribution < -0.4 is 16.6 Å². The summed E-state index contributed by atoms with van der Waals surface area (Å²) in [5.41, 5.74) is 11.3. The first-order valence-electron chi connectivity index (χ1n) is 2.53. The predicted molar refractivity (Wildman–Crippen MR) is 27.7 cm³/mol. The van der Waals surface area contributed by atoms with E-state index < -0.39 is 0 Å². The van der Waals surface area contributed by atoms with Gasteiger partial charge >= 0.3 is 0 Å². The summed E-state index contributed by atoms with van der Waals surface area (Å²) in [6.07, 6.45) is 0.745. The first kappa shape index (κ1) is 5.53. The number of carbonyl (C=O) groups is 1. The van der Waals surface area contributed by atoms with Gasteiger partial charge in [0.1, 0.15) is 6.04 Å². The van der Waals surface area contributed by atoms with Gasteiger partial charge in [0.05, 0.1) is 0 Å². The van der Waals surface area contributed by atoms with Crippen molar-refractivity contribution in [3.63, 3.8) is 0 Å². The average molecular weight is 114 g/mol. The summed E-state index contributed by atoms with van der Waals surface area (Å²) >= 11 is 0. The van der Waals surface area contributed by atoms with Crippen molar-refractivity contribution in [2.45, 2.75) is 12.5 Å². The van der Waals surface area contributed by atoms with E-state index in [4.69, 9.17) is 5.73 Å². The molecule has 0 saturated carbocycles. The lowest BCUT2D eigenvalue weighted by Crippen LogP contribution is -2.34. The van der Waals surface area contributed by atoms with E-state index in [0.717, 1.165) is 13.0 Å². The van der Waals surface area contributed by atoms with Crippen LogP contribution in [-0.4, -0.2) is 18.5 Å². The van der Waals surface area contributed by atoms with E-state index in [1.54, 1.807) is 0 Å². The van der Waals surface area contributed by atoms with Crippen LogP contribution in [0.5, 0.6) is 0 Å². The zero-order valence-electron chi connectivity index (χ0n) is 4.42. The Morgan fingerprint density at radius 3 is 2.88 bits per heavy atom. The third kappa shape index (κ3) is 0.962. The maximum absolute atomic E-state index is 10.3. The van der Waals surface area contributed by atoms with E-state index >= 15 is 0 Å². The lowest BCUT2D eigenvalue weighted by molar-refractivity contribution is -0.119. The molecule has 1 saturated heterocycles. The van der Waals surface area contributed by atoms with Crippen molar-refractivity contribution >= 4 is 5.91 Å². The molecule has 0 aliphatic carbocycles. The molecule has 3 N–H and O–H groups in total. The van der Waals surface area contributed by atoms with E-state index in [1.165, 1.54) is 0 Å². The Morgan fingerprint density at radius 2 is 2.62 bits per heavy atom. The normalized spacial score (nSPS) is 28.2. The molecule has 1 rings (SSSR count). The van der Waals surface area contributed by atoms with Crippen molar-refractivity contribution in [3.05, 3.63) is 0 Å². The maximum atomic E-state index is 10.3. The molecule has 0 spiro atoms. The van der Waals surface area contributed by atoms with Gasteiger partial charge in [-0.25, -0.2) is 5.43 Å². The number of amides is 1. The van der Waals surface area contributed by atoms with Crippen molar-refractivity contribution in [2.75, 3.05) is 6.54 Å². The SMILES string of the molecule is NC(=O)C1CCN[N]1. The molecule has 1 aliphatic rings. The zero-order valence-corrected chi connectivity index (χ0v) is 4.42. The number of hydrogen-bond donors (Lipinski definition) is 2. The highest BCUT2D eigenvalue weighted by Gasteiger charge is 2.20. The Labute approximate surface area is 47.4 Å². The maximum Gasteiger partial charge on any atom is 0.237 e. The fraction of sp³-hybridized carbons (Fsp3) is 0.750. The van der Waals surface area contributed by atoms with Gasteiger partial charge in [0.15, 0.2) is 0 Å². The molecule has 4 heteroatoms. The van der Waals surface area contributed by atoms with Crippen LogP contribution in [-0.2, 0) is 4.79 Å². The van der Waals surface area contributed by atoms with Crippen LogP contribution in [0.4, 0.5) is 0 Å². The van der Waals surface area contributed by atoms with Gasteiger partial charge in [-0.3, -0.25) is 4.79 Å². The molecule has 4 nitrogen and oxygen atoms in total. The molecule has 8 heavy (non-hydrogen) atoms. The number of hydrogen-bond acceptors (Lipinski definition) is 2. The summed E-state index contributed by atoms with van der Waals surface area (Å²) in [5.74, 6) is -0.338. The van der Waals surface area contributed by atoms with Crippen LogP contribution in [0.3, 0.4) is 0 Å². The number of primary amides is 1. The summed E-state index contributed by atoms with van der Waals surface area (Å²) < 4.78 is 0. The summed E-state index contributed by atoms with van der Waals surface area (Å²) in [6.45, 7) is 0.771. The van der Waals surface area contributed by atoms with Gasteiger partial charge in [-0.15, -0.1) is 0 Å². The molecule has 1 radical (unpaired) electrons. The van der Waals surface area contributed by atoms with E-state index in [-0.39, 0.29) is 11.9 Å². The molecule has 1 aliphatic heterocycles. The summed E-state index contributed by atoms with van der Waals surface area (Å²) in [7, 11) is 0. The van der Waals surface area contributed by atoms with E-state index in [1.807, 2.05) is 0 Å². The van der Waals surface area contributed by atoms with Crippen LogP contribution in [0.15, 0.2) is 0 Å². The molecular weight excluding hydrogens is 106 g/mol. The highest BCUT2D eigenvalue weighted by molar-refractivity contribution is 5.79. The highest BCUT2D eigenvalue weighted by atomic mass is 16.1. The average Bonchev–Trinajstić information content (AvgIpc) is 2.12. The highest BCUT2D eigenvalue weighted by Crippen LogP contribution is 1.94. The molecule has 0 bridgehead atoms. The molecule has 1 atom stereocenters. The molecule has 0 aromatic carbocycles. The monoisotopic (exact) mass is 114 g/mol. The summed E-state index contributed by atoms with van der Waals surface area (Å²) in [4.78, 5) is 10.3. The summed E-state index contributed by atoms with van der Waals surface area (Å²) in [6, 6.07) is -0.282. The minimum atomic E-state index is -0.338. The van der Waals surface area contributed by atoms with Crippen molar-refractivity contribution in [1.82, 2.24) is 10.9 Å². The van der Waals surface area contributed by atoms with Crippen molar-refractivity contribution in [2.24, 2.45) is 5.73 Å². The van der Waals surface area contributed by atoms with Crippen molar-refractivity contribution in [3.8, 4) is 0 Å². The van der Waals surface area contributed by atoms with Gasteiger partial charge in [0, 0.05) is 6.54 Å². The van der Waals surface area contributed by atoms with Gasteiger partial charge in [-0.1, -0.05) is 0 Å². The topological polar surface area (TPSA) is 69.2 Å². The molecule has 0 aromatic rings. The number of nitrogens with two attached hydrogens (primary N) is 1. The Morgan fingerprint density at radius 1 is 1.88 bits per heavy atom. The summed E-state index contributed by atoms with van der Waals surface area (Å²) in [5, 5.41) is 0. The Kier molecular flexibility index (Phi) is 1.45. The quantitative estimate of drug-likeness (QED) is 0.429. The second-order valence-corrected chi connectivity index (χ2v) is 1.74. The molecule has 1 amide bonds. The molecule has 1 unspecified atom stereocenters. The largest absolute Gasteiger partial charge is 0.368 e. The van der Waals surface area contributed by atoms with E-state index in [9.17, 15) is 4.79 Å². The van der Waals surface area contributed by atoms with Gasteiger partial charge in [0.25, 0.3) is 0 Å². The van der Waals surface area contributed by atoms with Gasteiger partial charge in [0.2, 0.25) is 5.91 Å². The fourth-order valence-electron chi connectivity index (χ4n) is 0.646. The lowest BCUT2D eigenvalue weighted by atomic mass is 10.2. The fourth-order valence-corrected chi connectivity index (χ4v) is 0.646. The lowest BCUT2D eigenvalue weighted by Gasteiger charge is -1.97. The first-order chi connectivity index (χ1) is 3.80. The van der Waals surface area contributed by atoms with Gasteiger partial charge < -0.3 is 5.73 Å². The number of rotatable bonds is 1. The van der Waals surface area contributed by atoms with Crippen LogP contribution >= 0.6 is 0 Å². The minimum absolute atomic E-state index is 0.282. The van der Waals surface area contributed by atoms with Gasteiger partial charge in [-0.05, 0) is 6.42 Å².